The molecule has 2 atom stereocenters. The molecule has 1 aromatic rings. The second-order valence-corrected chi connectivity index (χ2v) is 4.50. The van der Waals surface area contributed by atoms with Gasteiger partial charge in [-0.05, 0) is 17.7 Å². The second kappa shape index (κ2) is 5.71. The van der Waals surface area contributed by atoms with E-state index in [0.29, 0.717) is 0 Å². The summed E-state index contributed by atoms with van der Waals surface area (Å²) in [5.41, 5.74) is 0.751. The number of carbonyl (C=O) groups excluding carboxylic acids is 1. The predicted molar refractivity (Wildman–Crippen MR) is 65.7 cm³/mol. The number of rotatable bonds is 4. The summed E-state index contributed by atoms with van der Waals surface area (Å²) in [6, 6.07) is 5.81. The van der Waals surface area contributed by atoms with Gasteiger partial charge in [-0.3, -0.25) is 9.59 Å². The number of amides is 1. The molecule has 6 nitrogen and oxygen atoms in total. The van der Waals surface area contributed by atoms with Gasteiger partial charge in [0.2, 0.25) is 5.91 Å². The Balaban J connectivity index is 1.90. The quantitative estimate of drug-likeness (QED) is 0.720. The van der Waals surface area contributed by atoms with Crippen molar-refractivity contribution in [1.82, 2.24) is 5.32 Å². The number of carboxylic acid groups (broad SMARTS) is 1. The van der Waals surface area contributed by atoms with E-state index in [2.05, 4.69) is 5.32 Å². The summed E-state index contributed by atoms with van der Waals surface area (Å²) in [6.07, 6.45) is 0.142. The molecular weight excluding hydrogens is 250 g/mol. The largest absolute Gasteiger partial charge is 0.508 e. The normalized spacial score (nSPS) is 22.1. The fourth-order valence-electron chi connectivity index (χ4n) is 2.00. The maximum Gasteiger partial charge on any atom is 0.311 e. The minimum Gasteiger partial charge on any atom is -0.508 e. The van der Waals surface area contributed by atoms with Gasteiger partial charge in [0, 0.05) is 0 Å². The third-order valence-electron chi connectivity index (χ3n) is 3.05. The van der Waals surface area contributed by atoms with Crippen LogP contribution in [-0.2, 0) is 20.7 Å². The Labute approximate surface area is 110 Å². The van der Waals surface area contributed by atoms with Crippen LogP contribution in [0.15, 0.2) is 24.3 Å². The molecule has 0 radical (unpaired) electrons. The zero-order valence-electron chi connectivity index (χ0n) is 10.2. The lowest BCUT2D eigenvalue weighted by Crippen LogP contribution is -2.43. The number of nitrogens with one attached hydrogen (secondary N) is 1. The molecule has 1 fully saturated rings. The number of phenolic OH excluding ortho intramolecular Hbond substituents is 1. The Kier molecular flexibility index (Phi) is 4.01. The maximum absolute atomic E-state index is 11.8. The number of hydrogen-bond donors (Lipinski definition) is 3. The number of carboxylic acids is 1. The molecule has 102 valence electrons. The van der Waals surface area contributed by atoms with Crippen LogP contribution in [-0.4, -0.2) is 41.3 Å². The summed E-state index contributed by atoms with van der Waals surface area (Å²) in [5.74, 6) is -1.78. The Morgan fingerprint density at radius 1 is 1.26 bits per heavy atom. The molecule has 2 unspecified atom stereocenters. The van der Waals surface area contributed by atoms with Crippen molar-refractivity contribution in [3.8, 4) is 5.75 Å². The molecule has 0 bridgehead atoms. The smallest absolute Gasteiger partial charge is 0.311 e. The number of benzene rings is 1. The van der Waals surface area contributed by atoms with Crippen LogP contribution in [0.25, 0.3) is 0 Å². The van der Waals surface area contributed by atoms with E-state index in [-0.39, 0.29) is 31.3 Å². The maximum atomic E-state index is 11.8. The average Bonchev–Trinajstić information content (AvgIpc) is 2.80. The van der Waals surface area contributed by atoms with Crippen LogP contribution in [0.3, 0.4) is 0 Å². The van der Waals surface area contributed by atoms with E-state index in [1.54, 1.807) is 12.1 Å². The van der Waals surface area contributed by atoms with Crippen molar-refractivity contribution in [3.63, 3.8) is 0 Å². The second-order valence-electron chi connectivity index (χ2n) is 4.50. The molecule has 0 spiro atoms. The van der Waals surface area contributed by atoms with Crippen LogP contribution < -0.4 is 5.32 Å². The summed E-state index contributed by atoms with van der Waals surface area (Å²) >= 11 is 0. The lowest BCUT2D eigenvalue weighted by atomic mass is 10.0. The average molecular weight is 265 g/mol. The molecular formula is C13H15NO5. The van der Waals surface area contributed by atoms with Crippen LogP contribution in [0.4, 0.5) is 0 Å². The fraction of sp³-hybridized carbons (Fsp3) is 0.385. The van der Waals surface area contributed by atoms with Gasteiger partial charge in [0.25, 0.3) is 0 Å². The van der Waals surface area contributed by atoms with Crippen molar-refractivity contribution >= 4 is 11.9 Å². The van der Waals surface area contributed by atoms with Crippen molar-refractivity contribution in [3.05, 3.63) is 29.8 Å². The molecule has 0 aromatic heterocycles. The van der Waals surface area contributed by atoms with Gasteiger partial charge >= 0.3 is 5.97 Å². The van der Waals surface area contributed by atoms with Gasteiger partial charge in [-0.1, -0.05) is 12.1 Å². The molecule has 1 saturated heterocycles. The summed E-state index contributed by atoms with van der Waals surface area (Å²) < 4.78 is 5.07. The van der Waals surface area contributed by atoms with Gasteiger partial charge in [-0.15, -0.1) is 0 Å². The monoisotopic (exact) mass is 265 g/mol. The van der Waals surface area contributed by atoms with Crippen molar-refractivity contribution in [2.75, 3.05) is 13.2 Å². The molecule has 6 heteroatoms. The summed E-state index contributed by atoms with van der Waals surface area (Å²) in [7, 11) is 0. The molecule has 3 N–H and O–H groups in total. The van der Waals surface area contributed by atoms with Crippen molar-refractivity contribution in [2.24, 2.45) is 5.92 Å². The van der Waals surface area contributed by atoms with Gasteiger partial charge < -0.3 is 20.3 Å². The number of phenols is 1. The minimum absolute atomic E-state index is 0.124. The molecule has 1 heterocycles. The van der Waals surface area contributed by atoms with Crippen LogP contribution in [0.5, 0.6) is 5.75 Å². The van der Waals surface area contributed by atoms with Crippen LogP contribution >= 0.6 is 0 Å². The molecule has 1 aliphatic rings. The third-order valence-corrected chi connectivity index (χ3v) is 3.05. The number of carbonyl (C=O) groups is 2. The Morgan fingerprint density at radius 3 is 2.58 bits per heavy atom. The van der Waals surface area contributed by atoms with Crippen LogP contribution in [0, 0.1) is 5.92 Å². The first-order chi connectivity index (χ1) is 9.06. The van der Waals surface area contributed by atoms with Gasteiger partial charge in [0.05, 0.1) is 25.7 Å². The number of ether oxygens (including phenoxy) is 1. The minimum atomic E-state index is -0.965. The molecule has 1 amide bonds. The summed E-state index contributed by atoms with van der Waals surface area (Å²) in [4.78, 5) is 22.7. The highest BCUT2D eigenvalue weighted by molar-refractivity contribution is 5.80. The third kappa shape index (κ3) is 3.45. The van der Waals surface area contributed by atoms with E-state index in [0.717, 1.165) is 5.56 Å². The molecule has 1 aromatic carbocycles. The molecule has 0 saturated carbocycles. The first-order valence-corrected chi connectivity index (χ1v) is 5.94. The van der Waals surface area contributed by atoms with Gasteiger partial charge in [0.15, 0.2) is 0 Å². The summed E-state index contributed by atoms with van der Waals surface area (Å²) in [6.45, 7) is 0.345. The van der Waals surface area contributed by atoms with E-state index in [1.807, 2.05) is 0 Å². The first kappa shape index (κ1) is 13.4. The predicted octanol–water partition coefficient (Wildman–Crippen LogP) is 0.151. The van der Waals surface area contributed by atoms with Crippen molar-refractivity contribution < 1.29 is 24.5 Å². The Bertz CT molecular complexity index is 470. The van der Waals surface area contributed by atoms with Crippen molar-refractivity contribution in [1.29, 1.82) is 0 Å². The van der Waals surface area contributed by atoms with Gasteiger partial charge in [-0.25, -0.2) is 0 Å². The van der Waals surface area contributed by atoms with Crippen LogP contribution in [0.1, 0.15) is 5.56 Å². The molecule has 1 aliphatic heterocycles. The number of hydrogen-bond acceptors (Lipinski definition) is 4. The van der Waals surface area contributed by atoms with Gasteiger partial charge in [-0.2, -0.15) is 0 Å². The SMILES string of the molecule is O=C(Cc1ccc(O)cc1)NC1COCC1C(=O)O. The number of aromatic hydroxyl groups is 1. The Hall–Kier alpha value is -2.08. The fourth-order valence-corrected chi connectivity index (χ4v) is 2.00. The molecule has 2 rings (SSSR count). The molecule has 19 heavy (non-hydrogen) atoms. The van der Waals surface area contributed by atoms with Crippen molar-refractivity contribution in [2.45, 2.75) is 12.5 Å². The topological polar surface area (TPSA) is 95.9 Å². The first-order valence-electron chi connectivity index (χ1n) is 5.94. The zero-order valence-corrected chi connectivity index (χ0v) is 10.2. The number of aliphatic carboxylic acids is 1. The molecule has 0 aliphatic carbocycles. The van der Waals surface area contributed by atoms with Crippen LogP contribution in [0.2, 0.25) is 0 Å². The van der Waals surface area contributed by atoms with E-state index < -0.39 is 17.9 Å². The van der Waals surface area contributed by atoms with Gasteiger partial charge in [0.1, 0.15) is 11.7 Å². The standard InChI is InChI=1S/C13H15NO5/c15-9-3-1-8(2-4-9)5-12(16)14-11-7-19-6-10(11)13(17)18/h1-4,10-11,15H,5-7H2,(H,14,16)(H,17,18). The van der Waals surface area contributed by atoms with E-state index >= 15 is 0 Å². The Morgan fingerprint density at radius 2 is 1.95 bits per heavy atom. The highest BCUT2D eigenvalue weighted by atomic mass is 16.5. The van der Waals surface area contributed by atoms with E-state index in [4.69, 9.17) is 14.9 Å². The summed E-state index contributed by atoms with van der Waals surface area (Å²) in [5, 5.41) is 20.8. The lowest BCUT2D eigenvalue weighted by molar-refractivity contribution is -0.142. The van der Waals surface area contributed by atoms with E-state index in [1.165, 1.54) is 12.1 Å². The highest BCUT2D eigenvalue weighted by Crippen LogP contribution is 2.14. The lowest BCUT2D eigenvalue weighted by Gasteiger charge is -2.15. The highest BCUT2D eigenvalue weighted by Gasteiger charge is 2.34. The zero-order chi connectivity index (χ0) is 13.8. The van der Waals surface area contributed by atoms with E-state index in [9.17, 15) is 9.59 Å².